The number of ketones is 2. The predicted octanol–water partition coefficient (Wildman–Crippen LogP) is 1.71. The highest BCUT2D eigenvalue weighted by atomic mass is 19.4. The molecule has 0 spiro atoms. The quantitative estimate of drug-likeness (QED) is 0.343. The number of benzene rings is 1. The molecule has 216 valence electrons. The first-order chi connectivity index (χ1) is 18.4. The summed E-state index contributed by atoms with van der Waals surface area (Å²) in [6, 6.07) is -1.47. The number of carbonyl (C=O) groups excluding carboxylic acids is 3. The number of aliphatic hydroxyl groups is 3. The minimum atomic E-state index is -4.85. The number of amides is 1. The van der Waals surface area contributed by atoms with E-state index in [1.807, 2.05) is 0 Å². The van der Waals surface area contributed by atoms with E-state index >= 15 is 0 Å². The summed E-state index contributed by atoms with van der Waals surface area (Å²) in [6.45, 7) is 3.51. The van der Waals surface area contributed by atoms with E-state index in [-0.39, 0.29) is 42.2 Å². The largest absolute Gasteiger partial charge is 0.508 e. The van der Waals surface area contributed by atoms with E-state index in [9.17, 15) is 48.0 Å². The topological polar surface area (TPSA) is 165 Å². The van der Waals surface area contributed by atoms with Gasteiger partial charge in [0.2, 0.25) is 5.78 Å². The SMILES string of the molecule is CC(C)N1Cc2c(O)c3c(c(C(F)(F)F)c2C1)C[C@H]1C[C@H]2[C@H](N(C)C)C(=O)C(C(N)=O)=C(O)[C@@]2(O)C(=O)C1=C3O. The van der Waals surface area contributed by atoms with Crippen LogP contribution in [0.2, 0.25) is 0 Å². The van der Waals surface area contributed by atoms with Crippen LogP contribution in [0.25, 0.3) is 5.76 Å². The summed E-state index contributed by atoms with van der Waals surface area (Å²) in [5, 5.41) is 45.0. The van der Waals surface area contributed by atoms with Crippen molar-refractivity contribution in [1.82, 2.24) is 9.80 Å². The van der Waals surface area contributed by atoms with Gasteiger partial charge >= 0.3 is 6.18 Å². The van der Waals surface area contributed by atoms with Crippen LogP contribution in [0, 0.1) is 11.8 Å². The molecule has 6 N–H and O–H groups in total. The Morgan fingerprint density at radius 3 is 2.23 bits per heavy atom. The molecule has 3 aliphatic carbocycles. The summed E-state index contributed by atoms with van der Waals surface area (Å²) < 4.78 is 43.8. The van der Waals surface area contributed by atoms with Crippen LogP contribution >= 0.6 is 0 Å². The molecule has 0 saturated heterocycles. The van der Waals surface area contributed by atoms with Crippen molar-refractivity contribution >= 4 is 23.2 Å². The van der Waals surface area contributed by atoms with Gasteiger partial charge in [0.1, 0.15) is 22.8 Å². The number of phenolic OH excluding ortho intramolecular Hbond substituents is 1. The van der Waals surface area contributed by atoms with E-state index in [4.69, 9.17) is 5.73 Å². The number of likely N-dealkylation sites (N-methyl/N-ethyl adjacent to an activating group) is 1. The maximum absolute atomic E-state index is 14.6. The minimum absolute atomic E-state index is 0.0140. The summed E-state index contributed by atoms with van der Waals surface area (Å²) >= 11 is 0. The third kappa shape index (κ3) is 3.57. The number of nitrogens with two attached hydrogens (primary N) is 1. The van der Waals surface area contributed by atoms with E-state index in [2.05, 4.69) is 0 Å². The maximum Gasteiger partial charge on any atom is 0.417 e. The minimum Gasteiger partial charge on any atom is -0.508 e. The van der Waals surface area contributed by atoms with Gasteiger partial charge in [0.25, 0.3) is 5.91 Å². The van der Waals surface area contributed by atoms with E-state index < -0.39 is 93.1 Å². The molecule has 0 bridgehead atoms. The molecular weight excluding hydrogens is 535 g/mol. The fourth-order valence-corrected chi connectivity index (χ4v) is 7.00. The molecule has 1 heterocycles. The number of primary amides is 1. The average Bonchev–Trinajstić information content (AvgIpc) is 3.26. The van der Waals surface area contributed by atoms with Gasteiger partial charge in [-0.15, -0.1) is 0 Å². The fourth-order valence-electron chi connectivity index (χ4n) is 7.00. The molecule has 0 radical (unpaired) electrons. The van der Waals surface area contributed by atoms with E-state index in [0.29, 0.717) is 0 Å². The zero-order valence-electron chi connectivity index (χ0n) is 22.3. The smallest absolute Gasteiger partial charge is 0.417 e. The number of halogens is 3. The first kappa shape index (κ1) is 28.1. The Morgan fingerprint density at radius 1 is 1.10 bits per heavy atom. The summed E-state index contributed by atoms with van der Waals surface area (Å²) in [5.41, 5.74) is -1.04. The Balaban J connectivity index is 1.78. The summed E-state index contributed by atoms with van der Waals surface area (Å²) in [4.78, 5) is 42.2. The summed E-state index contributed by atoms with van der Waals surface area (Å²) in [6.07, 6.45) is -5.57. The number of rotatable bonds is 3. The number of Topliss-reactive ketones (excluding diaryl/α,β-unsaturated/α-hetero) is 2. The van der Waals surface area contributed by atoms with Gasteiger partial charge in [-0.1, -0.05) is 0 Å². The molecule has 0 unspecified atom stereocenters. The van der Waals surface area contributed by atoms with Crippen LogP contribution in [-0.4, -0.2) is 79.5 Å². The average molecular weight is 566 g/mol. The number of aliphatic hydroxyl groups excluding tert-OH is 2. The van der Waals surface area contributed by atoms with Crippen molar-refractivity contribution in [2.75, 3.05) is 14.1 Å². The molecule has 5 rings (SSSR count). The van der Waals surface area contributed by atoms with Crippen LogP contribution in [0.15, 0.2) is 16.9 Å². The number of hydrogen-bond donors (Lipinski definition) is 5. The summed E-state index contributed by atoms with van der Waals surface area (Å²) in [7, 11) is 2.88. The molecule has 4 aliphatic rings. The number of aromatic hydroxyl groups is 1. The zero-order chi connectivity index (χ0) is 29.8. The fraction of sp³-hybridized carbons (Fsp3) is 0.519. The lowest BCUT2D eigenvalue weighted by molar-refractivity contribution is -0.153. The maximum atomic E-state index is 14.6. The Hall–Kier alpha value is -3.42. The van der Waals surface area contributed by atoms with Crippen molar-refractivity contribution < 1.29 is 48.0 Å². The molecule has 13 heteroatoms. The molecular formula is C27H30F3N3O7. The molecule has 0 aromatic heterocycles. The number of carbonyl (C=O) groups is 3. The molecule has 1 fully saturated rings. The van der Waals surface area contributed by atoms with Crippen LogP contribution in [-0.2, 0) is 40.1 Å². The van der Waals surface area contributed by atoms with E-state index in [0.717, 1.165) is 0 Å². The molecule has 1 aliphatic heterocycles. The Labute approximate surface area is 227 Å². The van der Waals surface area contributed by atoms with Crippen LogP contribution < -0.4 is 5.73 Å². The van der Waals surface area contributed by atoms with E-state index in [1.54, 1.807) is 18.7 Å². The van der Waals surface area contributed by atoms with Gasteiger partial charge in [0.05, 0.1) is 17.2 Å². The van der Waals surface area contributed by atoms with Crippen LogP contribution in [0.4, 0.5) is 13.2 Å². The highest BCUT2D eigenvalue weighted by Gasteiger charge is 2.64. The normalized spacial score (nSPS) is 28.7. The van der Waals surface area contributed by atoms with Crippen molar-refractivity contribution in [1.29, 1.82) is 0 Å². The van der Waals surface area contributed by atoms with Crippen LogP contribution in [0.1, 0.15) is 48.1 Å². The number of fused-ring (bicyclic) bond motifs is 4. The third-order valence-corrected chi connectivity index (χ3v) is 8.84. The molecule has 1 amide bonds. The van der Waals surface area contributed by atoms with Gasteiger partial charge in [0.15, 0.2) is 11.4 Å². The van der Waals surface area contributed by atoms with Crippen molar-refractivity contribution in [3.8, 4) is 5.75 Å². The van der Waals surface area contributed by atoms with Crippen LogP contribution in [0.3, 0.4) is 0 Å². The highest BCUT2D eigenvalue weighted by molar-refractivity contribution is 6.24. The monoisotopic (exact) mass is 565 g/mol. The molecule has 10 nitrogen and oxygen atoms in total. The summed E-state index contributed by atoms with van der Waals surface area (Å²) in [5.74, 6) is -8.84. The van der Waals surface area contributed by atoms with Gasteiger partial charge in [-0.25, -0.2) is 0 Å². The Bertz CT molecular complexity index is 1450. The Kier molecular flexibility index (Phi) is 6.18. The van der Waals surface area contributed by atoms with Gasteiger partial charge < -0.3 is 26.2 Å². The zero-order valence-corrected chi connectivity index (χ0v) is 22.3. The number of hydrogen-bond acceptors (Lipinski definition) is 9. The van der Waals surface area contributed by atoms with Gasteiger partial charge in [-0.3, -0.25) is 24.2 Å². The molecule has 1 aromatic rings. The predicted molar refractivity (Wildman–Crippen MR) is 134 cm³/mol. The highest BCUT2D eigenvalue weighted by Crippen LogP contribution is 2.56. The second-order valence-corrected chi connectivity index (χ2v) is 11.5. The van der Waals surface area contributed by atoms with E-state index in [1.165, 1.54) is 19.0 Å². The lowest BCUT2D eigenvalue weighted by Gasteiger charge is -2.50. The molecule has 1 saturated carbocycles. The van der Waals surface area contributed by atoms with Crippen molar-refractivity contribution in [2.45, 2.75) is 63.6 Å². The second kappa shape index (κ2) is 8.79. The Morgan fingerprint density at radius 2 is 1.70 bits per heavy atom. The lowest BCUT2D eigenvalue weighted by Crippen LogP contribution is -2.65. The van der Waals surface area contributed by atoms with Gasteiger partial charge in [-0.2, -0.15) is 13.2 Å². The second-order valence-electron chi connectivity index (χ2n) is 11.5. The van der Waals surface area contributed by atoms with Gasteiger partial charge in [-0.05, 0) is 57.8 Å². The first-order valence-corrected chi connectivity index (χ1v) is 12.8. The van der Waals surface area contributed by atoms with Crippen molar-refractivity contribution in [2.24, 2.45) is 17.6 Å². The van der Waals surface area contributed by atoms with Crippen molar-refractivity contribution in [3.05, 3.63) is 44.7 Å². The molecule has 1 aromatic carbocycles. The van der Waals surface area contributed by atoms with Crippen LogP contribution in [0.5, 0.6) is 5.75 Å². The number of phenols is 1. The lowest BCUT2D eigenvalue weighted by atomic mass is 9.57. The first-order valence-electron chi connectivity index (χ1n) is 12.8. The number of nitrogens with zero attached hydrogens (tertiary/aromatic N) is 2. The van der Waals surface area contributed by atoms with Gasteiger partial charge in [0, 0.05) is 36.2 Å². The molecule has 4 atom stereocenters. The van der Waals surface area contributed by atoms with Crippen molar-refractivity contribution in [3.63, 3.8) is 0 Å². The third-order valence-electron chi connectivity index (χ3n) is 8.84. The standard InChI is InChI=1S/C27H30F3N3O7/c1-9(2)33-7-12-13(8-33)20(34)16-11(18(12)27(28,29)30)5-10-6-14-19(32(3)4)22(36)17(25(31)39)24(38)26(14,40)23(37)15(10)21(16)35/h9-10,14,19,34-35,38,40H,5-8H2,1-4H3,(H2,31,39)/t10-,14-,19-,26-/m0/s1. The molecule has 40 heavy (non-hydrogen) atoms. The number of alkyl halides is 3.